The van der Waals surface area contributed by atoms with Crippen LogP contribution in [0.25, 0.3) is 0 Å². The van der Waals surface area contributed by atoms with Crippen molar-refractivity contribution in [2.24, 2.45) is 5.92 Å². The summed E-state index contributed by atoms with van der Waals surface area (Å²) >= 11 is 0. The number of likely N-dealkylation sites (tertiary alicyclic amines) is 1. The van der Waals surface area contributed by atoms with Gasteiger partial charge in [-0.1, -0.05) is 6.07 Å². The topological polar surface area (TPSA) is 54.5 Å². The summed E-state index contributed by atoms with van der Waals surface area (Å²) in [4.78, 5) is 18.7. The monoisotopic (exact) mass is 289 g/mol. The molecule has 0 unspecified atom stereocenters. The number of pyridine rings is 1. The predicted molar refractivity (Wildman–Crippen MR) is 79.8 cm³/mol. The third-order valence-corrected chi connectivity index (χ3v) is 4.45. The number of nitrogens with zero attached hydrogens (tertiary/aromatic N) is 2. The zero-order chi connectivity index (χ0) is 14.7. The average Bonchev–Trinajstić information content (AvgIpc) is 2.91. The lowest BCUT2D eigenvalue weighted by Gasteiger charge is -2.30. The van der Waals surface area contributed by atoms with Crippen molar-refractivity contribution in [2.45, 2.75) is 31.5 Å². The molecule has 2 fully saturated rings. The third kappa shape index (κ3) is 3.60. The van der Waals surface area contributed by atoms with Crippen LogP contribution in [0.15, 0.2) is 24.4 Å². The zero-order valence-corrected chi connectivity index (χ0v) is 12.5. The second-order valence-corrected chi connectivity index (χ2v) is 6.07. The van der Waals surface area contributed by atoms with Crippen molar-refractivity contribution in [3.05, 3.63) is 30.1 Å². The van der Waals surface area contributed by atoms with Crippen LogP contribution < -0.4 is 5.32 Å². The fourth-order valence-corrected chi connectivity index (χ4v) is 3.23. The maximum absolute atomic E-state index is 12.2. The van der Waals surface area contributed by atoms with E-state index in [-0.39, 0.29) is 18.1 Å². The van der Waals surface area contributed by atoms with Gasteiger partial charge in [-0.15, -0.1) is 0 Å². The zero-order valence-electron chi connectivity index (χ0n) is 12.5. The summed E-state index contributed by atoms with van der Waals surface area (Å²) in [7, 11) is 2.11. The van der Waals surface area contributed by atoms with Crippen molar-refractivity contribution in [1.29, 1.82) is 0 Å². The number of ether oxygens (including phenoxy) is 1. The second kappa shape index (κ2) is 6.54. The first-order valence-electron chi connectivity index (χ1n) is 7.74. The average molecular weight is 289 g/mol. The minimum atomic E-state index is -0.268. The summed E-state index contributed by atoms with van der Waals surface area (Å²) < 4.78 is 5.93. The lowest BCUT2D eigenvalue weighted by Crippen LogP contribution is -2.40. The second-order valence-electron chi connectivity index (χ2n) is 6.07. The molecular weight excluding hydrogens is 266 g/mol. The van der Waals surface area contributed by atoms with Crippen LogP contribution in [0.3, 0.4) is 0 Å². The Labute approximate surface area is 125 Å². The highest BCUT2D eigenvalue weighted by Gasteiger charge is 2.40. The maximum Gasteiger partial charge on any atom is 0.249 e. The molecule has 1 aromatic heterocycles. The number of aromatic nitrogens is 1. The molecule has 5 heteroatoms. The third-order valence-electron chi connectivity index (χ3n) is 4.45. The molecule has 0 aromatic carbocycles. The van der Waals surface area contributed by atoms with Crippen molar-refractivity contribution in [3.63, 3.8) is 0 Å². The molecule has 1 amide bonds. The Morgan fingerprint density at radius 3 is 3.24 bits per heavy atom. The van der Waals surface area contributed by atoms with E-state index in [0.29, 0.717) is 12.5 Å². The smallest absolute Gasteiger partial charge is 0.249 e. The Hall–Kier alpha value is -1.46. The number of rotatable bonds is 4. The lowest BCUT2D eigenvalue weighted by atomic mass is 9.92. The van der Waals surface area contributed by atoms with E-state index < -0.39 is 0 Å². The SMILES string of the molecule is CN1CC[C@@H]2C[C@H](C(=O)NCCc3ccccn3)O[C@H]2C1. The van der Waals surface area contributed by atoms with Crippen molar-refractivity contribution in [1.82, 2.24) is 15.2 Å². The Morgan fingerprint density at radius 2 is 2.43 bits per heavy atom. The molecule has 5 nitrogen and oxygen atoms in total. The number of carbonyl (C=O) groups is 1. The molecule has 0 bridgehead atoms. The van der Waals surface area contributed by atoms with Gasteiger partial charge in [0.05, 0.1) is 6.10 Å². The van der Waals surface area contributed by atoms with Crippen molar-refractivity contribution in [3.8, 4) is 0 Å². The Kier molecular flexibility index (Phi) is 4.51. The van der Waals surface area contributed by atoms with E-state index in [1.54, 1.807) is 6.20 Å². The van der Waals surface area contributed by atoms with Crippen LogP contribution in [0.5, 0.6) is 0 Å². The molecule has 3 rings (SSSR count). The summed E-state index contributed by atoms with van der Waals surface area (Å²) in [5.74, 6) is 0.579. The summed E-state index contributed by atoms with van der Waals surface area (Å²) in [6.07, 6.45) is 4.51. The fourth-order valence-electron chi connectivity index (χ4n) is 3.23. The van der Waals surface area contributed by atoms with E-state index in [2.05, 4.69) is 22.2 Å². The van der Waals surface area contributed by atoms with Gasteiger partial charge in [-0.2, -0.15) is 0 Å². The number of nitrogens with one attached hydrogen (secondary N) is 1. The molecule has 114 valence electrons. The van der Waals surface area contributed by atoms with Gasteiger partial charge >= 0.3 is 0 Å². The normalized spacial score (nSPS) is 29.1. The van der Waals surface area contributed by atoms with Crippen LogP contribution in [0, 0.1) is 5.92 Å². The lowest BCUT2D eigenvalue weighted by molar-refractivity contribution is -0.132. The van der Waals surface area contributed by atoms with E-state index in [9.17, 15) is 4.79 Å². The molecule has 3 atom stereocenters. The van der Waals surface area contributed by atoms with Gasteiger partial charge in [0.2, 0.25) is 5.91 Å². The van der Waals surface area contributed by atoms with Crippen LogP contribution in [-0.2, 0) is 16.0 Å². The first kappa shape index (κ1) is 14.5. The van der Waals surface area contributed by atoms with Gasteiger partial charge in [-0.25, -0.2) is 0 Å². The highest BCUT2D eigenvalue weighted by molar-refractivity contribution is 5.81. The number of likely N-dealkylation sites (N-methyl/N-ethyl adjacent to an activating group) is 1. The quantitative estimate of drug-likeness (QED) is 0.893. The number of piperidine rings is 1. The molecule has 21 heavy (non-hydrogen) atoms. The first-order chi connectivity index (χ1) is 10.2. The van der Waals surface area contributed by atoms with E-state index in [4.69, 9.17) is 4.74 Å². The predicted octanol–water partition coefficient (Wildman–Crippen LogP) is 0.849. The standard InChI is InChI=1S/C16H23N3O2/c1-19-9-6-12-10-14(21-15(12)11-19)16(20)18-8-5-13-4-2-3-7-17-13/h2-4,7,12,14-15H,5-6,8-11H2,1H3,(H,18,20)/t12-,14-,15+/m1/s1. The largest absolute Gasteiger partial charge is 0.364 e. The first-order valence-corrected chi connectivity index (χ1v) is 7.74. The molecule has 1 aromatic rings. The molecule has 2 aliphatic rings. The molecule has 0 saturated carbocycles. The van der Waals surface area contributed by atoms with Gasteiger partial charge in [0.15, 0.2) is 0 Å². The van der Waals surface area contributed by atoms with Gasteiger partial charge < -0.3 is 15.0 Å². The van der Waals surface area contributed by atoms with Crippen molar-refractivity contribution >= 4 is 5.91 Å². The summed E-state index contributed by atoms with van der Waals surface area (Å²) in [6.45, 7) is 2.67. The highest BCUT2D eigenvalue weighted by Crippen LogP contribution is 2.32. The van der Waals surface area contributed by atoms with Gasteiger partial charge in [0.25, 0.3) is 0 Å². The fraction of sp³-hybridized carbons (Fsp3) is 0.625. The van der Waals surface area contributed by atoms with Crippen molar-refractivity contribution in [2.75, 3.05) is 26.7 Å². The number of carbonyl (C=O) groups excluding carboxylic acids is 1. The Balaban J connectivity index is 1.44. The van der Waals surface area contributed by atoms with Crippen LogP contribution in [0.4, 0.5) is 0 Å². The minimum Gasteiger partial charge on any atom is -0.364 e. The Bertz CT molecular complexity index is 480. The molecule has 0 radical (unpaired) electrons. The molecule has 1 N–H and O–H groups in total. The van der Waals surface area contributed by atoms with E-state index in [1.807, 2.05) is 18.2 Å². The molecular formula is C16H23N3O2. The van der Waals surface area contributed by atoms with E-state index in [1.165, 1.54) is 0 Å². The minimum absolute atomic E-state index is 0.0305. The number of hydrogen-bond acceptors (Lipinski definition) is 4. The van der Waals surface area contributed by atoms with Crippen LogP contribution in [0.1, 0.15) is 18.5 Å². The van der Waals surface area contributed by atoms with Gasteiger partial charge in [-0.3, -0.25) is 9.78 Å². The summed E-state index contributed by atoms with van der Waals surface area (Å²) in [6, 6.07) is 5.83. The van der Waals surface area contributed by atoms with Gasteiger partial charge in [0, 0.05) is 31.4 Å². The van der Waals surface area contributed by atoms with Crippen LogP contribution in [0.2, 0.25) is 0 Å². The maximum atomic E-state index is 12.2. The summed E-state index contributed by atoms with van der Waals surface area (Å²) in [5.41, 5.74) is 1.00. The molecule has 2 saturated heterocycles. The number of hydrogen-bond donors (Lipinski definition) is 1. The van der Waals surface area contributed by atoms with E-state index >= 15 is 0 Å². The van der Waals surface area contributed by atoms with Crippen molar-refractivity contribution < 1.29 is 9.53 Å². The molecule has 2 aliphatic heterocycles. The van der Waals surface area contributed by atoms with Gasteiger partial charge in [-0.05, 0) is 44.5 Å². The highest BCUT2D eigenvalue weighted by atomic mass is 16.5. The number of amides is 1. The molecule has 0 aliphatic carbocycles. The van der Waals surface area contributed by atoms with Crippen LogP contribution >= 0.6 is 0 Å². The van der Waals surface area contributed by atoms with E-state index in [0.717, 1.165) is 38.0 Å². The number of fused-ring (bicyclic) bond motifs is 1. The van der Waals surface area contributed by atoms with Crippen LogP contribution in [-0.4, -0.2) is 54.7 Å². The Morgan fingerprint density at radius 1 is 1.52 bits per heavy atom. The summed E-state index contributed by atoms with van der Waals surface area (Å²) in [5, 5.41) is 2.98. The molecule has 3 heterocycles. The molecule has 0 spiro atoms. The van der Waals surface area contributed by atoms with Gasteiger partial charge in [0.1, 0.15) is 6.10 Å².